The number of carbonyl (C=O) groups is 3. The first kappa shape index (κ1) is 17.1. The van der Waals surface area contributed by atoms with E-state index in [1.807, 2.05) is 24.3 Å². The van der Waals surface area contributed by atoms with Crippen LogP contribution in [-0.2, 0) is 16.0 Å². The van der Waals surface area contributed by atoms with Crippen molar-refractivity contribution < 1.29 is 14.4 Å². The Morgan fingerprint density at radius 1 is 0.931 bits per heavy atom. The first-order valence-electron chi connectivity index (χ1n) is 9.23. The maximum absolute atomic E-state index is 12.0. The third-order valence-electron chi connectivity index (χ3n) is 5.08. The number of aromatic amines is 1. The van der Waals surface area contributed by atoms with Crippen LogP contribution in [-0.4, -0.2) is 34.2 Å². The molecule has 142 valence electrons. The summed E-state index contributed by atoms with van der Waals surface area (Å²) in [5, 5.41) is 2.84. The van der Waals surface area contributed by atoms with Crippen LogP contribution in [0.1, 0.15) is 16.1 Å². The Labute approximate surface area is 166 Å². The Hall–Kier alpha value is -4.00. The molecule has 3 amide bonds. The number of nitrogens with zero attached hydrogens (tertiary/aromatic N) is 2. The second kappa shape index (κ2) is 6.56. The lowest BCUT2D eigenvalue weighted by atomic mass is 10.1. The van der Waals surface area contributed by atoms with E-state index in [1.54, 1.807) is 24.4 Å². The molecule has 0 atom stereocenters. The number of benzene rings is 1. The number of rotatable bonds is 3. The van der Waals surface area contributed by atoms with E-state index in [2.05, 4.69) is 15.3 Å². The summed E-state index contributed by atoms with van der Waals surface area (Å²) in [6.45, 7) is 0.628. The van der Waals surface area contributed by atoms with Gasteiger partial charge in [-0.15, -0.1) is 0 Å². The van der Waals surface area contributed by atoms with Crippen LogP contribution in [0.15, 0.2) is 60.8 Å². The molecule has 0 spiro atoms. The second-order valence-corrected chi connectivity index (χ2v) is 6.91. The Morgan fingerprint density at radius 3 is 2.55 bits per heavy atom. The molecule has 2 aromatic heterocycles. The first-order chi connectivity index (χ1) is 14.1. The highest BCUT2D eigenvalue weighted by atomic mass is 16.2. The minimum Gasteiger partial charge on any atom is -0.358 e. The SMILES string of the molecule is O=C1NCCc2[nH]c(-c3ccnc(-c4cccc(N5C(=O)C=CC5=O)c4)c3)cc21. The molecule has 0 radical (unpaired) electrons. The van der Waals surface area contributed by atoms with Gasteiger partial charge >= 0.3 is 0 Å². The van der Waals surface area contributed by atoms with E-state index < -0.39 is 0 Å². The highest BCUT2D eigenvalue weighted by molar-refractivity contribution is 6.28. The summed E-state index contributed by atoms with van der Waals surface area (Å²) in [5.41, 5.74) is 5.34. The van der Waals surface area contributed by atoms with Crippen molar-refractivity contribution in [1.82, 2.24) is 15.3 Å². The van der Waals surface area contributed by atoms with E-state index in [1.165, 1.54) is 12.2 Å². The summed E-state index contributed by atoms with van der Waals surface area (Å²) in [7, 11) is 0. The van der Waals surface area contributed by atoms with Crippen LogP contribution >= 0.6 is 0 Å². The molecule has 0 bridgehead atoms. The lowest BCUT2D eigenvalue weighted by Crippen LogP contribution is -2.31. The number of carbonyl (C=O) groups excluding carboxylic acids is 3. The molecule has 2 aliphatic rings. The van der Waals surface area contributed by atoms with Gasteiger partial charge in [0.1, 0.15) is 0 Å². The average molecular weight is 384 g/mol. The summed E-state index contributed by atoms with van der Waals surface area (Å²) in [6, 6.07) is 12.8. The van der Waals surface area contributed by atoms with Crippen LogP contribution < -0.4 is 10.2 Å². The number of pyridine rings is 1. The maximum atomic E-state index is 12.0. The summed E-state index contributed by atoms with van der Waals surface area (Å²) in [5.74, 6) is -0.780. The Bertz CT molecular complexity index is 1190. The maximum Gasteiger partial charge on any atom is 0.258 e. The molecule has 5 rings (SSSR count). The number of H-pyrrole nitrogens is 1. The number of nitrogens with one attached hydrogen (secondary N) is 2. The topological polar surface area (TPSA) is 95.2 Å². The number of fused-ring (bicyclic) bond motifs is 1. The summed E-state index contributed by atoms with van der Waals surface area (Å²) in [4.78, 5) is 44.9. The zero-order valence-corrected chi connectivity index (χ0v) is 15.3. The molecule has 0 unspecified atom stereocenters. The molecule has 29 heavy (non-hydrogen) atoms. The number of hydrogen-bond acceptors (Lipinski definition) is 4. The average Bonchev–Trinajstić information content (AvgIpc) is 3.32. The van der Waals surface area contributed by atoms with E-state index in [0.29, 0.717) is 23.5 Å². The van der Waals surface area contributed by atoms with E-state index in [9.17, 15) is 14.4 Å². The van der Waals surface area contributed by atoms with Crippen molar-refractivity contribution in [2.75, 3.05) is 11.4 Å². The minimum absolute atomic E-state index is 0.0655. The number of amides is 3. The van der Waals surface area contributed by atoms with Crippen LogP contribution in [0, 0.1) is 0 Å². The molecule has 0 saturated carbocycles. The van der Waals surface area contributed by atoms with E-state index in [0.717, 1.165) is 33.8 Å². The fourth-order valence-electron chi connectivity index (χ4n) is 3.66. The molecule has 7 nitrogen and oxygen atoms in total. The lowest BCUT2D eigenvalue weighted by molar-refractivity contribution is -0.119. The largest absolute Gasteiger partial charge is 0.358 e. The normalized spacial score (nSPS) is 15.6. The van der Waals surface area contributed by atoms with Gasteiger partial charge in [-0.05, 0) is 30.3 Å². The number of aromatic nitrogens is 2. The van der Waals surface area contributed by atoms with Crippen molar-refractivity contribution in [3.63, 3.8) is 0 Å². The third-order valence-corrected chi connectivity index (χ3v) is 5.08. The predicted octanol–water partition coefficient (Wildman–Crippen LogP) is 2.46. The van der Waals surface area contributed by atoms with Crippen molar-refractivity contribution in [1.29, 1.82) is 0 Å². The van der Waals surface area contributed by atoms with Gasteiger partial charge in [-0.3, -0.25) is 19.4 Å². The van der Waals surface area contributed by atoms with Crippen LogP contribution in [0.2, 0.25) is 0 Å². The van der Waals surface area contributed by atoms with Gasteiger partial charge in [0.25, 0.3) is 17.7 Å². The molecular formula is C22H16N4O3. The summed E-state index contributed by atoms with van der Waals surface area (Å²) < 4.78 is 0. The number of imide groups is 1. The van der Waals surface area contributed by atoms with E-state index in [4.69, 9.17) is 0 Å². The van der Waals surface area contributed by atoms with Gasteiger partial charge in [0.15, 0.2) is 0 Å². The predicted molar refractivity (Wildman–Crippen MR) is 107 cm³/mol. The van der Waals surface area contributed by atoms with Gasteiger partial charge in [0, 0.05) is 53.8 Å². The van der Waals surface area contributed by atoms with Gasteiger partial charge in [-0.2, -0.15) is 0 Å². The number of anilines is 1. The zero-order valence-electron chi connectivity index (χ0n) is 15.3. The molecule has 7 heteroatoms. The molecule has 2 aliphatic heterocycles. The first-order valence-corrected chi connectivity index (χ1v) is 9.23. The fraction of sp³-hybridized carbons (Fsp3) is 0.0909. The minimum atomic E-state index is -0.357. The Kier molecular flexibility index (Phi) is 3.87. The van der Waals surface area contributed by atoms with Crippen molar-refractivity contribution in [3.05, 3.63) is 72.1 Å². The van der Waals surface area contributed by atoms with Gasteiger partial charge in [-0.1, -0.05) is 12.1 Å². The third kappa shape index (κ3) is 2.93. The molecule has 1 aromatic carbocycles. The van der Waals surface area contributed by atoms with Crippen LogP contribution in [0.3, 0.4) is 0 Å². The van der Waals surface area contributed by atoms with Gasteiger partial charge in [-0.25, -0.2) is 4.90 Å². The van der Waals surface area contributed by atoms with E-state index >= 15 is 0 Å². The van der Waals surface area contributed by atoms with Crippen LogP contribution in [0.5, 0.6) is 0 Å². The number of hydrogen-bond donors (Lipinski definition) is 2. The monoisotopic (exact) mass is 384 g/mol. The second-order valence-electron chi connectivity index (χ2n) is 6.91. The summed E-state index contributed by atoms with van der Waals surface area (Å²) >= 11 is 0. The highest BCUT2D eigenvalue weighted by Gasteiger charge is 2.25. The van der Waals surface area contributed by atoms with Crippen molar-refractivity contribution >= 4 is 23.4 Å². The highest BCUT2D eigenvalue weighted by Crippen LogP contribution is 2.29. The van der Waals surface area contributed by atoms with E-state index in [-0.39, 0.29) is 17.7 Å². The van der Waals surface area contributed by atoms with Gasteiger partial charge < -0.3 is 10.3 Å². The van der Waals surface area contributed by atoms with Gasteiger partial charge in [0.2, 0.25) is 0 Å². The zero-order chi connectivity index (χ0) is 20.0. The molecule has 3 aromatic rings. The van der Waals surface area contributed by atoms with Crippen molar-refractivity contribution in [2.45, 2.75) is 6.42 Å². The molecule has 0 aliphatic carbocycles. The van der Waals surface area contributed by atoms with Crippen LogP contribution in [0.25, 0.3) is 22.5 Å². The smallest absolute Gasteiger partial charge is 0.258 e. The molecule has 0 saturated heterocycles. The fourth-order valence-corrected chi connectivity index (χ4v) is 3.66. The molecule has 0 fully saturated rings. The molecule has 2 N–H and O–H groups in total. The Morgan fingerprint density at radius 2 is 1.76 bits per heavy atom. The standard InChI is InChI=1S/C22H16N4O3/c27-20-4-5-21(28)26(20)15-3-1-2-13(10-15)18-11-14(6-8-23-18)19-12-16-17(25-19)7-9-24-22(16)29/h1-6,8,10-12,25H,7,9H2,(H,24,29). The Balaban J connectivity index is 1.51. The quantitative estimate of drug-likeness (QED) is 0.678. The van der Waals surface area contributed by atoms with Crippen molar-refractivity contribution in [3.8, 4) is 22.5 Å². The summed E-state index contributed by atoms with van der Waals surface area (Å²) in [6.07, 6.45) is 4.99. The van der Waals surface area contributed by atoms with Gasteiger partial charge in [0.05, 0.1) is 16.9 Å². The molecule has 4 heterocycles. The van der Waals surface area contributed by atoms with Crippen LogP contribution in [0.4, 0.5) is 5.69 Å². The van der Waals surface area contributed by atoms with Crippen molar-refractivity contribution in [2.24, 2.45) is 0 Å². The lowest BCUT2D eigenvalue weighted by Gasteiger charge is -2.15. The molecular weight excluding hydrogens is 368 g/mol.